The molecule has 2 heterocycles. The van der Waals surface area contributed by atoms with Crippen LogP contribution in [0.1, 0.15) is 44.5 Å². The first kappa shape index (κ1) is 33.0. The maximum Gasteiger partial charge on any atom is 0.332 e. The van der Waals surface area contributed by atoms with E-state index in [1.165, 1.54) is 12.2 Å². The molecule has 0 aliphatic carbocycles. The summed E-state index contributed by atoms with van der Waals surface area (Å²) in [6.45, 7) is 6.36. The third kappa shape index (κ3) is 6.33. The van der Waals surface area contributed by atoms with Gasteiger partial charge in [0.15, 0.2) is 11.2 Å². The fourth-order valence-electron chi connectivity index (χ4n) is 7.19. The normalized spacial score (nSPS) is 21.5. The first-order chi connectivity index (χ1) is 23.0. The Balaban J connectivity index is 1.37. The minimum absolute atomic E-state index is 0.414. The van der Waals surface area contributed by atoms with Crippen molar-refractivity contribution in [2.75, 3.05) is 51.7 Å². The second-order valence-corrected chi connectivity index (χ2v) is 13.3. The number of esters is 2. The molecule has 2 atom stereocenters. The number of hydrogen-bond acceptors (Lipinski definition) is 8. The second kappa shape index (κ2) is 13.3. The molecule has 48 heavy (non-hydrogen) atoms. The van der Waals surface area contributed by atoms with Crippen LogP contribution >= 0.6 is 0 Å². The number of likely N-dealkylation sites (N-methyl/N-ethyl adjacent to an activating group) is 2. The fraction of sp³-hybridized carbons (Fsp3) is 0.300. The Morgan fingerprint density at radius 2 is 1.02 bits per heavy atom. The lowest BCUT2D eigenvalue weighted by molar-refractivity contribution is -0.154. The van der Waals surface area contributed by atoms with Crippen molar-refractivity contribution in [3.8, 4) is 0 Å². The summed E-state index contributed by atoms with van der Waals surface area (Å²) in [5, 5.41) is 0. The van der Waals surface area contributed by atoms with Gasteiger partial charge in [0, 0.05) is 72.0 Å². The molecule has 0 spiro atoms. The van der Waals surface area contributed by atoms with Crippen molar-refractivity contribution in [1.29, 1.82) is 0 Å². The Morgan fingerprint density at radius 3 is 1.40 bits per heavy atom. The molecule has 0 aromatic heterocycles. The third-order valence-corrected chi connectivity index (χ3v) is 9.75. The SMILES string of the molecule is Cc1cc2c(cc1N)[C@](OC(=O)/C=C\C(=O)O[C@@]1(c3ccccc3)CN(C)CCc3cc(C)c(N)cc31)(c1ccccc1)CN(C)CC2. The van der Waals surface area contributed by atoms with E-state index in [4.69, 9.17) is 20.9 Å². The van der Waals surface area contributed by atoms with Crippen LogP contribution in [-0.2, 0) is 43.1 Å². The summed E-state index contributed by atoms with van der Waals surface area (Å²) in [5.74, 6) is -1.33. The van der Waals surface area contributed by atoms with E-state index in [0.29, 0.717) is 24.5 Å². The largest absolute Gasteiger partial charge is 0.445 e. The van der Waals surface area contributed by atoms with Crippen molar-refractivity contribution >= 4 is 23.3 Å². The molecule has 8 nitrogen and oxygen atoms in total. The van der Waals surface area contributed by atoms with Gasteiger partial charge in [-0.1, -0.05) is 72.8 Å². The second-order valence-electron chi connectivity index (χ2n) is 13.3. The van der Waals surface area contributed by atoms with Crippen LogP contribution in [0, 0.1) is 13.8 Å². The number of nitrogen functional groups attached to an aromatic ring is 2. The van der Waals surface area contributed by atoms with Gasteiger partial charge in [-0.15, -0.1) is 0 Å². The van der Waals surface area contributed by atoms with E-state index >= 15 is 0 Å². The number of carbonyl (C=O) groups is 2. The van der Waals surface area contributed by atoms with Gasteiger partial charge in [0.2, 0.25) is 0 Å². The molecule has 8 heteroatoms. The molecular formula is C40H44N4O4. The van der Waals surface area contributed by atoms with E-state index in [1.807, 2.05) is 101 Å². The molecule has 0 fully saturated rings. The third-order valence-electron chi connectivity index (χ3n) is 9.75. The number of ether oxygens (including phenoxy) is 2. The first-order valence-electron chi connectivity index (χ1n) is 16.4. The number of benzene rings is 4. The number of aryl methyl sites for hydroxylation is 2. The summed E-state index contributed by atoms with van der Waals surface area (Å²) in [4.78, 5) is 31.9. The Hall–Kier alpha value is -4.92. The predicted octanol–water partition coefficient (Wildman–Crippen LogP) is 5.27. The van der Waals surface area contributed by atoms with E-state index in [0.717, 1.165) is 70.4 Å². The van der Waals surface area contributed by atoms with E-state index in [9.17, 15) is 9.59 Å². The van der Waals surface area contributed by atoms with Crippen LogP contribution in [0.15, 0.2) is 97.1 Å². The van der Waals surface area contributed by atoms with Gasteiger partial charge in [0.25, 0.3) is 0 Å². The van der Waals surface area contributed by atoms with Crippen LogP contribution in [0.2, 0.25) is 0 Å². The molecule has 2 aliphatic heterocycles. The average molecular weight is 645 g/mol. The number of carbonyl (C=O) groups excluding carboxylic acids is 2. The minimum atomic E-state index is -1.15. The van der Waals surface area contributed by atoms with Crippen molar-refractivity contribution in [3.05, 3.63) is 142 Å². The lowest BCUT2D eigenvalue weighted by Crippen LogP contribution is -2.43. The molecule has 0 radical (unpaired) electrons. The zero-order valence-corrected chi connectivity index (χ0v) is 28.2. The molecule has 4 aromatic carbocycles. The van der Waals surface area contributed by atoms with E-state index < -0.39 is 23.1 Å². The zero-order valence-electron chi connectivity index (χ0n) is 28.2. The van der Waals surface area contributed by atoms with Crippen molar-refractivity contribution in [1.82, 2.24) is 9.80 Å². The highest BCUT2D eigenvalue weighted by molar-refractivity contribution is 5.92. The van der Waals surface area contributed by atoms with Gasteiger partial charge < -0.3 is 30.7 Å². The summed E-state index contributed by atoms with van der Waals surface area (Å²) in [5.41, 5.74) is 19.3. The van der Waals surface area contributed by atoms with Crippen LogP contribution in [0.5, 0.6) is 0 Å². The average Bonchev–Trinajstić information content (AvgIpc) is 3.29. The molecule has 4 aromatic rings. The smallest absolute Gasteiger partial charge is 0.332 e. The van der Waals surface area contributed by atoms with Crippen LogP contribution in [-0.4, -0.2) is 62.0 Å². The quantitative estimate of drug-likeness (QED) is 0.166. The highest BCUT2D eigenvalue weighted by Crippen LogP contribution is 2.42. The van der Waals surface area contributed by atoms with Crippen molar-refractivity contribution in [2.45, 2.75) is 37.9 Å². The Labute approximate surface area is 282 Å². The number of rotatable bonds is 6. The maximum atomic E-state index is 13.8. The molecular weight excluding hydrogens is 600 g/mol. The van der Waals surface area contributed by atoms with Gasteiger partial charge >= 0.3 is 11.9 Å². The zero-order chi connectivity index (χ0) is 34.1. The summed E-state index contributed by atoms with van der Waals surface area (Å²) < 4.78 is 12.9. The molecule has 0 saturated heterocycles. The lowest BCUT2D eigenvalue weighted by Gasteiger charge is -2.37. The number of fused-ring (bicyclic) bond motifs is 2. The molecule has 0 amide bonds. The molecule has 0 unspecified atom stereocenters. The van der Waals surface area contributed by atoms with Gasteiger partial charge in [-0.05, 0) is 75.2 Å². The highest BCUT2D eigenvalue weighted by atomic mass is 16.6. The van der Waals surface area contributed by atoms with Gasteiger partial charge in [-0.2, -0.15) is 0 Å². The molecule has 2 aliphatic rings. The summed E-state index contributed by atoms with van der Waals surface area (Å²) in [7, 11) is 4.03. The van der Waals surface area contributed by atoms with Crippen molar-refractivity contribution < 1.29 is 19.1 Å². The molecule has 4 N–H and O–H groups in total. The van der Waals surface area contributed by atoms with Crippen LogP contribution in [0.25, 0.3) is 0 Å². The Morgan fingerprint density at radius 1 is 0.646 bits per heavy atom. The fourth-order valence-corrected chi connectivity index (χ4v) is 7.19. The first-order valence-corrected chi connectivity index (χ1v) is 16.4. The van der Waals surface area contributed by atoms with Gasteiger partial charge in [0.1, 0.15) is 0 Å². The van der Waals surface area contributed by atoms with E-state index in [-0.39, 0.29) is 0 Å². The molecule has 0 saturated carbocycles. The number of anilines is 2. The Bertz CT molecular complexity index is 1720. The maximum absolute atomic E-state index is 13.8. The summed E-state index contributed by atoms with van der Waals surface area (Å²) in [6, 6.07) is 27.4. The number of nitrogens with two attached hydrogens (primary N) is 2. The molecule has 248 valence electrons. The highest BCUT2D eigenvalue weighted by Gasteiger charge is 2.44. The van der Waals surface area contributed by atoms with Crippen LogP contribution < -0.4 is 11.5 Å². The summed E-state index contributed by atoms with van der Waals surface area (Å²) >= 11 is 0. The molecule has 6 rings (SSSR count). The van der Waals surface area contributed by atoms with Crippen LogP contribution in [0.4, 0.5) is 11.4 Å². The molecule has 0 bridgehead atoms. The van der Waals surface area contributed by atoms with Crippen molar-refractivity contribution in [2.24, 2.45) is 0 Å². The Kier molecular flexibility index (Phi) is 9.14. The van der Waals surface area contributed by atoms with Crippen molar-refractivity contribution in [3.63, 3.8) is 0 Å². The standard InChI is InChI=1S/C40H44N4O4/c1-27-21-29-17-19-43(3)25-39(33(29)23-35(27)41,31-11-7-5-8-12-31)47-37(45)15-16-38(46)48-40(32-13-9-6-10-14-32)26-44(4)20-18-30-22-28(2)36(42)24-34(30)40/h5-16,21-24H,17-20,25-26,41-42H2,1-4H3/b16-15-/t39-,40-/m1/s1. The minimum Gasteiger partial charge on any atom is -0.445 e. The van der Waals surface area contributed by atoms with Gasteiger partial charge in [-0.25, -0.2) is 9.59 Å². The van der Waals surface area contributed by atoms with Crippen LogP contribution in [0.3, 0.4) is 0 Å². The number of nitrogens with zero attached hydrogens (tertiary/aromatic N) is 2. The van der Waals surface area contributed by atoms with E-state index in [2.05, 4.69) is 21.9 Å². The predicted molar refractivity (Wildman–Crippen MR) is 189 cm³/mol. The van der Waals surface area contributed by atoms with Gasteiger partial charge in [0.05, 0.1) is 0 Å². The van der Waals surface area contributed by atoms with Gasteiger partial charge in [-0.3, -0.25) is 0 Å². The lowest BCUT2D eigenvalue weighted by atomic mass is 9.82. The monoisotopic (exact) mass is 644 g/mol. The topological polar surface area (TPSA) is 111 Å². The summed E-state index contributed by atoms with van der Waals surface area (Å²) in [6.07, 6.45) is 3.89. The number of hydrogen-bond donors (Lipinski definition) is 2. The van der Waals surface area contributed by atoms with E-state index in [1.54, 1.807) is 0 Å².